The molecule has 0 atom stereocenters. The van der Waals surface area contributed by atoms with E-state index in [9.17, 15) is 54.4 Å². The molecule has 0 bridgehead atoms. The van der Waals surface area contributed by atoms with Gasteiger partial charge in [-0.25, -0.2) is 0 Å². The van der Waals surface area contributed by atoms with Crippen molar-refractivity contribution in [3.8, 4) is 0 Å². The molecule has 0 saturated heterocycles. The van der Waals surface area contributed by atoms with Gasteiger partial charge >= 0.3 is 29.9 Å². The van der Waals surface area contributed by atoms with Gasteiger partial charge in [0.2, 0.25) is 0 Å². The third-order valence-electron chi connectivity index (χ3n) is 3.10. The summed E-state index contributed by atoms with van der Waals surface area (Å²) < 4.78 is 114. The molecule has 5 nitrogen and oxygen atoms in total. The highest BCUT2D eigenvalue weighted by molar-refractivity contribution is 5.97. The van der Waals surface area contributed by atoms with Gasteiger partial charge in [0.15, 0.2) is 0 Å². The second-order valence-corrected chi connectivity index (χ2v) is 4.93. The van der Waals surface area contributed by atoms with E-state index in [1.165, 1.54) is 0 Å². The number of hydrogen-bond acceptors (Lipinski definition) is 3. The maximum absolute atomic E-state index is 13.4. The number of nitro benzene ring substituents is 1. The number of aryl methyl sites for hydroxylation is 1. The van der Waals surface area contributed by atoms with Crippen molar-refractivity contribution in [1.82, 2.24) is 0 Å². The molecule has 0 heterocycles. The number of rotatable bonds is 5. The first-order valence-electron chi connectivity index (χ1n) is 6.23. The van der Waals surface area contributed by atoms with Crippen molar-refractivity contribution in [2.45, 2.75) is 30.9 Å². The van der Waals surface area contributed by atoms with E-state index < -0.39 is 46.1 Å². The fourth-order valence-corrected chi connectivity index (χ4v) is 1.62. The van der Waals surface area contributed by atoms with Gasteiger partial charge in [-0.3, -0.25) is 14.9 Å². The summed E-state index contributed by atoms with van der Waals surface area (Å²) in [5, 5.41) is 11.5. The Labute approximate surface area is 137 Å². The van der Waals surface area contributed by atoms with Gasteiger partial charge in [0.1, 0.15) is 0 Å². The summed E-state index contributed by atoms with van der Waals surface area (Å²) in [5.74, 6) is -23.9. The van der Waals surface area contributed by atoms with Gasteiger partial charge in [0.05, 0.1) is 4.92 Å². The number of nitrogens with one attached hydrogen (secondary N) is 1. The molecule has 1 rings (SSSR count). The molecule has 0 aliphatic carbocycles. The van der Waals surface area contributed by atoms with Crippen LogP contribution in [-0.2, 0) is 4.79 Å². The van der Waals surface area contributed by atoms with Crippen molar-refractivity contribution >= 4 is 17.3 Å². The number of nitrogens with zero attached hydrogens (tertiary/aromatic N) is 1. The summed E-state index contributed by atoms with van der Waals surface area (Å²) >= 11 is 0. The molecule has 0 spiro atoms. The van der Waals surface area contributed by atoms with Crippen molar-refractivity contribution in [1.29, 1.82) is 0 Å². The van der Waals surface area contributed by atoms with Crippen LogP contribution in [0.2, 0.25) is 0 Å². The molecule has 1 aromatic carbocycles. The normalized spacial score (nSPS) is 13.5. The van der Waals surface area contributed by atoms with Crippen LogP contribution in [0, 0.1) is 17.0 Å². The first kappa shape index (κ1) is 21.5. The molecule has 0 fully saturated rings. The second-order valence-electron chi connectivity index (χ2n) is 4.93. The Morgan fingerprint density at radius 2 is 1.50 bits per heavy atom. The minimum Gasteiger partial charge on any atom is -0.320 e. The SMILES string of the molecule is Cc1cc([N+](=O)[O-])ccc1NC(=O)C(F)(F)C(F)(F)C(F)(F)C(F)(F)F. The van der Waals surface area contributed by atoms with E-state index in [0.29, 0.717) is 12.1 Å². The number of benzene rings is 1. The summed E-state index contributed by atoms with van der Waals surface area (Å²) in [6, 6.07) is 1.99. The highest BCUT2D eigenvalue weighted by atomic mass is 19.4. The zero-order valence-electron chi connectivity index (χ0n) is 12.3. The lowest BCUT2D eigenvalue weighted by atomic mass is 10.0. The van der Waals surface area contributed by atoms with E-state index in [1.807, 2.05) is 0 Å². The maximum atomic E-state index is 13.4. The van der Waals surface area contributed by atoms with Crippen LogP contribution in [0.3, 0.4) is 0 Å². The lowest BCUT2D eigenvalue weighted by Gasteiger charge is -2.32. The minimum absolute atomic E-state index is 0.311. The van der Waals surface area contributed by atoms with Gasteiger partial charge in [-0.2, -0.15) is 39.5 Å². The summed E-state index contributed by atoms with van der Waals surface area (Å²) in [5.41, 5.74) is -1.62. The summed E-state index contributed by atoms with van der Waals surface area (Å²) in [4.78, 5) is 20.8. The minimum atomic E-state index is -7.20. The number of amides is 1. The molecule has 0 radical (unpaired) electrons. The molecule has 26 heavy (non-hydrogen) atoms. The highest BCUT2D eigenvalue weighted by Crippen LogP contribution is 2.53. The largest absolute Gasteiger partial charge is 0.460 e. The Bertz CT molecular complexity index is 731. The van der Waals surface area contributed by atoms with Crippen LogP contribution >= 0.6 is 0 Å². The average molecular weight is 398 g/mol. The number of anilines is 1. The smallest absolute Gasteiger partial charge is 0.320 e. The van der Waals surface area contributed by atoms with Crippen molar-refractivity contribution in [3.05, 3.63) is 33.9 Å². The van der Waals surface area contributed by atoms with Crippen LogP contribution in [0.15, 0.2) is 18.2 Å². The van der Waals surface area contributed by atoms with Crippen LogP contribution in [0.5, 0.6) is 0 Å². The van der Waals surface area contributed by atoms with E-state index >= 15 is 0 Å². The second kappa shape index (κ2) is 6.32. The number of alkyl halides is 9. The van der Waals surface area contributed by atoms with Gasteiger partial charge in [-0.15, -0.1) is 0 Å². The first-order chi connectivity index (χ1) is 11.5. The Balaban J connectivity index is 3.21. The van der Waals surface area contributed by atoms with Gasteiger partial charge in [0, 0.05) is 17.8 Å². The fraction of sp³-hybridized carbons (Fsp3) is 0.417. The predicted molar refractivity (Wildman–Crippen MR) is 67.4 cm³/mol. The molecule has 1 aromatic rings. The Kier molecular flexibility index (Phi) is 5.23. The van der Waals surface area contributed by atoms with Crippen molar-refractivity contribution < 1.29 is 49.2 Å². The van der Waals surface area contributed by atoms with E-state index in [2.05, 4.69) is 0 Å². The average Bonchev–Trinajstić information content (AvgIpc) is 2.47. The summed E-state index contributed by atoms with van der Waals surface area (Å²) in [6.07, 6.45) is -7.05. The zero-order chi connectivity index (χ0) is 20.7. The number of hydrogen-bond donors (Lipinski definition) is 1. The molecule has 0 aliphatic rings. The molecule has 146 valence electrons. The van der Waals surface area contributed by atoms with E-state index in [-0.39, 0.29) is 5.56 Å². The van der Waals surface area contributed by atoms with Crippen LogP contribution in [0.1, 0.15) is 5.56 Å². The van der Waals surface area contributed by atoms with Crippen molar-refractivity contribution in [2.24, 2.45) is 0 Å². The number of halogens is 9. The summed E-state index contributed by atoms with van der Waals surface area (Å²) in [7, 11) is 0. The third-order valence-corrected chi connectivity index (χ3v) is 3.10. The number of carbonyl (C=O) groups is 1. The van der Waals surface area contributed by atoms with Gasteiger partial charge in [-0.1, -0.05) is 0 Å². The van der Waals surface area contributed by atoms with Crippen LogP contribution in [0.4, 0.5) is 50.9 Å². The number of nitro groups is 1. The molecular formula is C12H7F9N2O3. The van der Waals surface area contributed by atoms with E-state index in [0.717, 1.165) is 18.3 Å². The van der Waals surface area contributed by atoms with Crippen LogP contribution in [-0.4, -0.2) is 34.8 Å². The molecule has 0 saturated carbocycles. The standard InChI is InChI=1S/C12H7F9N2O3/c1-5-4-6(23(25)26)2-3-7(5)22-8(24)9(13,14)10(15,16)11(17,18)12(19,20)21/h2-4H,1H3,(H,22,24). The molecule has 0 unspecified atom stereocenters. The molecule has 1 N–H and O–H groups in total. The van der Waals surface area contributed by atoms with Gasteiger partial charge in [0.25, 0.3) is 5.69 Å². The van der Waals surface area contributed by atoms with Crippen LogP contribution < -0.4 is 5.32 Å². The Morgan fingerprint density at radius 3 is 1.88 bits per heavy atom. The first-order valence-corrected chi connectivity index (χ1v) is 6.23. The Hall–Kier alpha value is -2.54. The molecule has 0 aromatic heterocycles. The highest BCUT2D eigenvalue weighted by Gasteiger charge is 2.83. The fourth-order valence-electron chi connectivity index (χ4n) is 1.62. The lowest BCUT2D eigenvalue weighted by Crippen LogP contribution is -2.64. The van der Waals surface area contributed by atoms with Gasteiger partial charge < -0.3 is 5.32 Å². The van der Waals surface area contributed by atoms with Crippen molar-refractivity contribution in [2.75, 3.05) is 5.32 Å². The quantitative estimate of drug-likeness (QED) is 0.457. The number of non-ortho nitro benzene ring substituents is 1. The summed E-state index contributed by atoms with van der Waals surface area (Å²) in [6.45, 7) is 1.00. The topological polar surface area (TPSA) is 72.2 Å². The predicted octanol–water partition coefficient (Wildman–Crippen LogP) is 4.31. The zero-order valence-corrected chi connectivity index (χ0v) is 12.3. The molecule has 0 aliphatic heterocycles. The van der Waals surface area contributed by atoms with E-state index in [4.69, 9.17) is 0 Å². The molecular weight excluding hydrogens is 391 g/mol. The van der Waals surface area contributed by atoms with Crippen molar-refractivity contribution in [3.63, 3.8) is 0 Å². The van der Waals surface area contributed by atoms with Gasteiger partial charge in [-0.05, 0) is 18.6 Å². The molecule has 14 heteroatoms. The monoisotopic (exact) mass is 398 g/mol. The maximum Gasteiger partial charge on any atom is 0.460 e. The van der Waals surface area contributed by atoms with E-state index in [1.54, 1.807) is 0 Å². The Morgan fingerprint density at radius 1 is 1.00 bits per heavy atom. The van der Waals surface area contributed by atoms with Crippen LogP contribution in [0.25, 0.3) is 0 Å². The number of carbonyl (C=O) groups excluding carboxylic acids is 1. The lowest BCUT2D eigenvalue weighted by molar-refractivity contribution is -0.388. The molecule has 1 amide bonds. The third kappa shape index (κ3) is 3.39.